The number of likely N-dealkylation sites (N-methyl/N-ethyl adjacent to an activating group) is 1. The summed E-state index contributed by atoms with van der Waals surface area (Å²) in [5.74, 6) is 0.130. The molecule has 0 aromatic heterocycles. The SMILES string of the molecule is CN1CCN(c2ccc(CO)cc2)C(=O)C1. The number of hydrogen-bond acceptors (Lipinski definition) is 3. The molecule has 86 valence electrons. The average Bonchev–Trinajstić information content (AvgIpc) is 2.29. The smallest absolute Gasteiger partial charge is 0.241 e. The summed E-state index contributed by atoms with van der Waals surface area (Å²) in [7, 11) is 1.95. The lowest BCUT2D eigenvalue weighted by molar-refractivity contribution is -0.120. The highest BCUT2D eigenvalue weighted by molar-refractivity contribution is 5.95. The number of anilines is 1. The van der Waals surface area contributed by atoms with E-state index >= 15 is 0 Å². The van der Waals surface area contributed by atoms with Gasteiger partial charge in [-0.15, -0.1) is 0 Å². The number of aliphatic hydroxyl groups is 1. The van der Waals surface area contributed by atoms with E-state index in [-0.39, 0.29) is 12.5 Å². The Morgan fingerprint density at radius 3 is 2.50 bits per heavy atom. The van der Waals surface area contributed by atoms with Gasteiger partial charge in [0.25, 0.3) is 0 Å². The second kappa shape index (κ2) is 4.63. The molecule has 1 amide bonds. The quantitative estimate of drug-likeness (QED) is 0.787. The average molecular weight is 220 g/mol. The van der Waals surface area contributed by atoms with E-state index in [2.05, 4.69) is 0 Å². The summed E-state index contributed by atoms with van der Waals surface area (Å²) in [6.07, 6.45) is 0. The number of benzene rings is 1. The summed E-state index contributed by atoms with van der Waals surface area (Å²) in [4.78, 5) is 15.6. The van der Waals surface area contributed by atoms with Gasteiger partial charge in [0.05, 0.1) is 13.2 Å². The van der Waals surface area contributed by atoms with Crippen molar-refractivity contribution in [3.05, 3.63) is 29.8 Å². The molecule has 1 aromatic carbocycles. The van der Waals surface area contributed by atoms with E-state index in [1.54, 1.807) is 4.90 Å². The molecule has 0 atom stereocenters. The van der Waals surface area contributed by atoms with Crippen molar-refractivity contribution >= 4 is 11.6 Å². The molecule has 1 N–H and O–H groups in total. The molecule has 0 bridgehead atoms. The topological polar surface area (TPSA) is 43.8 Å². The highest BCUT2D eigenvalue weighted by atomic mass is 16.3. The Balaban J connectivity index is 2.14. The molecular weight excluding hydrogens is 204 g/mol. The van der Waals surface area contributed by atoms with Gasteiger partial charge in [-0.1, -0.05) is 12.1 Å². The molecule has 4 nitrogen and oxygen atoms in total. The van der Waals surface area contributed by atoms with Crippen LogP contribution >= 0.6 is 0 Å². The number of carbonyl (C=O) groups is 1. The van der Waals surface area contributed by atoms with Crippen LogP contribution in [0.4, 0.5) is 5.69 Å². The third-order valence-corrected chi connectivity index (χ3v) is 2.84. The summed E-state index contributed by atoms with van der Waals surface area (Å²) >= 11 is 0. The van der Waals surface area contributed by atoms with Crippen LogP contribution < -0.4 is 4.90 Å². The van der Waals surface area contributed by atoms with Gasteiger partial charge in [0.2, 0.25) is 5.91 Å². The van der Waals surface area contributed by atoms with Crippen molar-refractivity contribution in [2.24, 2.45) is 0 Å². The maximum Gasteiger partial charge on any atom is 0.241 e. The lowest BCUT2D eigenvalue weighted by Gasteiger charge is -2.32. The molecule has 16 heavy (non-hydrogen) atoms. The molecule has 0 spiro atoms. The second-order valence-corrected chi connectivity index (χ2v) is 4.11. The number of nitrogens with zero attached hydrogens (tertiary/aromatic N) is 2. The molecular formula is C12H16N2O2. The Kier molecular flexibility index (Phi) is 3.22. The van der Waals surface area contributed by atoms with Crippen molar-refractivity contribution < 1.29 is 9.90 Å². The Labute approximate surface area is 95.1 Å². The summed E-state index contributed by atoms with van der Waals surface area (Å²) in [6.45, 7) is 2.14. The molecule has 0 radical (unpaired) electrons. The van der Waals surface area contributed by atoms with E-state index in [0.29, 0.717) is 6.54 Å². The maximum absolute atomic E-state index is 11.8. The Bertz CT molecular complexity index is 375. The van der Waals surface area contributed by atoms with Gasteiger partial charge in [-0.3, -0.25) is 9.69 Å². The molecule has 0 saturated carbocycles. The maximum atomic E-state index is 11.8. The number of piperazine rings is 1. The van der Waals surface area contributed by atoms with Gasteiger partial charge >= 0.3 is 0 Å². The fourth-order valence-corrected chi connectivity index (χ4v) is 1.85. The van der Waals surface area contributed by atoms with Crippen molar-refractivity contribution in [1.29, 1.82) is 0 Å². The predicted octanol–water partition coefficient (Wildman–Crippen LogP) is 0.457. The molecule has 1 heterocycles. The number of carbonyl (C=O) groups excluding carboxylic acids is 1. The monoisotopic (exact) mass is 220 g/mol. The van der Waals surface area contributed by atoms with E-state index in [4.69, 9.17) is 5.11 Å². The Morgan fingerprint density at radius 1 is 1.25 bits per heavy atom. The van der Waals surface area contributed by atoms with Crippen LogP contribution in [0, 0.1) is 0 Å². The zero-order chi connectivity index (χ0) is 11.5. The first-order valence-electron chi connectivity index (χ1n) is 5.39. The molecule has 1 aromatic rings. The highest BCUT2D eigenvalue weighted by Gasteiger charge is 2.22. The number of rotatable bonds is 2. The summed E-state index contributed by atoms with van der Waals surface area (Å²) < 4.78 is 0. The summed E-state index contributed by atoms with van der Waals surface area (Å²) in [6, 6.07) is 7.46. The summed E-state index contributed by atoms with van der Waals surface area (Å²) in [5, 5.41) is 8.94. The standard InChI is InChI=1S/C12H16N2O2/c1-13-6-7-14(12(16)8-13)11-4-2-10(9-15)3-5-11/h2-5,15H,6-9H2,1H3. The number of amides is 1. The van der Waals surface area contributed by atoms with Crippen molar-refractivity contribution in [2.75, 3.05) is 31.6 Å². The first-order valence-corrected chi connectivity index (χ1v) is 5.39. The largest absolute Gasteiger partial charge is 0.392 e. The van der Waals surface area contributed by atoms with Gasteiger partial charge in [0.15, 0.2) is 0 Å². The van der Waals surface area contributed by atoms with E-state index in [1.807, 2.05) is 36.2 Å². The molecule has 1 fully saturated rings. The van der Waals surface area contributed by atoms with E-state index in [9.17, 15) is 4.79 Å². The fourth-order valence-electron chi connectivity index (χ4n) is 1.85. The zero-order valence-electron chi connectivity index (χ0n) is 9.39. The number of aliphatic hydroxyl groups excluding tert-OH is 1. The van der Waals surface area contributed by atoms with E-state index in [0.717, 1.165) is 24.3 Å². The zero-order valence-corrected chi connectivity index (χ0v) is 9.39. The van der Waals surface area contributed by atoms with Crippen LogP contribution in [0.15, 0.2) is 24.3 Å². The van der Waals surface area contributed by atoms with Gasteiger partial charge in [0.1, 0.15) is 0 Å². The molecule has 0 aliphatic carbocycles. The van der Waals surface area contributed by atoms with Crippen molar-refractivity contribution in [2.45, 2.75) is 6.61 Å². The molecule has 2 rings (SSSR count). The minimum absolute atomic E-state index is 0.0387. The van der Waals surface area contributed by atoms with Crippen molar-refractivity contribution in [3.63, 3.8) is 0 Å². The first-order chi connectivity index (χ1) is 7.70. The van der Waals surface area contributed by atoms with Gasteiger partial charge in [0, 0.05) is 18.8 Å². The highest BCUT2D eigenvalue weighted by Crippen LogP contribution is 2.17. The minimum atomic E-state index is 0.0387. The third-order valence-electron chi connectivity index (χ3n) is 2.84. The minimum Gasteiger partial charge on any atom is -0.392 e. The molecule has 1 aliphatic rings. The van der Waals surface area contributed by atoms with E-state index < -0.39 is 0 Å². The Hall–Kier alpha value is -1.39. The summed E-state index contributed by atoms with van der Waals surface area (Å²) in [5.41, 5.74) is 1.78. The van der Waals surface area contributed by atoms with Crippen molar-refractivity contribution in [3.8, 4) is 0 Å². The van der Waals surface area contributed by atoms with Crippen LogP contribution in [0.1, 0.15) is 5.56 Å². The van der Waals surface area contributed by atoms with Gasteiger partial charge in [-0.05, 0) is 24.7 Å². The lowest BCUT2D eigenvalue weighted by atomic mass is 10.2. The van der Waals surface area contributed by atoms with Crippen LogP contribution in [0.3, 0.4) is 0 Å². The van der Waals surface area contributed by atoms with Crippen LogP contribution in [0.2, 0.25) is 0 Å². The number of hydrogen-bond donors (Lipinski definition) is 1. The predicted molar refractivity (Wildman–Crippen MR) is 62.2 cm³/mol. The second-order valence-electron chi connectivity index (χ2n) is 4.11. The van der Waals surface area contributed by atoms with E-state index in [1.165, 1.54) is 0 Å². The fraction of sp³-hybridized carbons (Fsp3) is 0.417. The van der Waals surface area contributed by atoms with Crippen molar-refractivity contribution in [1.82, 2.24) is 4.90 Å². The first kappa shape index (κ1) is 11.1. The molecule has 4 heteroatoms. The molecule has 1 saturated heterocycles. The van der Waals surface area contributed by atoms with Crippen LogP contribution in [-0.4, -0.2) is 42.6 Å². The third kappa shape index (κ3) is 2.23. The van der Waals surface area contributed by atoms with Crippen LogP contribution in [-0.2, 0) is 11.4 Å². The molecule has 1 aliphatic heterocycles. The lowest BCUT2D eigenvalue weighted by Crippen LogP contribution is -2.48. The van der Waals surface area contributed by atoms with Crippen LogP contribution in [0.5, 0.6) is 0 Å². The normalized spacial score (nSPS) is 17.9. The van der Waals surface area contributed by atoms with Gasteiger partial charge < -0.3 is 10.0 Å². The molecule has 0 unspecified atom stereocenters. The van der Waals surface area contributed by atoms with Crippen LogP contribution in [0.25, 0.3) is 0 Å². The van der Waals surface area contributed by atoms with Gasteiger partial charge in [-0.2, -0.15) is 0 Å². The van der Waals surface area contributed by atoms with Gasteiger partial charge in [-0.25, -0.2) is 0 Å². The Morgan fingerprint density at radius 2 is 1.94 bits per heavy atom.